The Balaban J connectivity index is 2.35. The number of aryl methyl sites for hydroxylation is 2. The second kappa shape index (κ2) is 6.50. The zero-order valence-corrected chi connectivity index (χ0v) is 12.2. The molecule has 0 aliphatic carbocycles. The zero-order chi connectivity index (χ0) is 14.5. The van der Waals surface area contributed by atoms with Crippen LogP contribution in [0.3, 0.4) is 0 Å². The lowest BCUT2D eigenvalue weighted by Crippen LogP contribution is -2.35. The highest BCUT2D eigenvalue weighted by Crippen LogP contribution is 2.13. The predicted molar refractivity (Wildman–Crippen MR) is 77.0 cm³/mol. The average Bonchev–Trinajstić information content (AvgIpc) is 2.32. The number of benzene rings is 1. The van der Waals surface area contributed by atoms with Gasteiger partial charge in [-0.1, -0.05) is 50.6 Å². The largest absolute Gasteiger partial charge is 0.349 e. The maximum absolute atomic E-state index is 11.7. The number of nitrogens with one attached hydrogen (secondary N) is 1. The van der Waals surface area contributed by atoms with Crippen LogP contribution in [0.1, 0.15) is 38.3 Å². The summed E-state index contributed by atoms with van der Waals surface area (Å²) in [5.74, 6) is -0.0180. The van der Waals surface area contributed by atoms with Crippen LogP contribution in [0.25, 0.3) is 0 Å². The van der Waals surface area contributed by atoms with Gasteiger partial charge in [0.25, 0.3) is 0 Å². The molecule has 0 saturated carbocycles. The average molecular weight is 261 g/mol. The van der Waals surface area contributed by atoms with Gasteiger partial charge in [0.05, 0.1) is 6.54 Å². The van der Waals surface area contributed by atoms with Crippen molar-refractivity contribution in [3.05, 3.63) is 35.4 Å². The van der Waals surface area contributed by atoms with Crippen molar-refractivity contribution in [1.29, 1.82) is 0 Å². The molecule has 1 aromatic rings. The normalized spacial score (nSPS) is 11.2. The molecular formula is C16H23NO2. The molecule has 0 aromatic heterocycles. The fourth-order valence-corrected chi connectivity index (χ4v) is 1.66. The molecule has 1 N–H and O–H groups in total. The first-order chi connectivity index (χ1) is 8.79. The number of hydrogen-bond acceptors (Lipinski definition) is 2. The van der Waals surface area contributed by atoms with Crippen molar-refractivity contribution in [2.24, 2.45) is 5.41 Å². The van der Waals surface area contributed by atoms with Crippen LogP contribution >= 0.6 is 0 Å². The third-order valence-electron chi connectivity index (χ3n) is 3.01. The van der Waals surface area contributed by atoms with E-state index in [-0.39, 0.29) is 18.2 Å². The van der Waals surface area contributed by atoms with Gasteiger partial charge in [0, 0.05) is 11.8 Å². The summed E-state index contributed by atoms with van der Waals surface area (Å²) >= 11 is 0. The van der Waals surface area contributed by atoms with Crippen molar-refractivity contribution in [1.82, 2.24) is 5.32 Å². The standard InChI is InChI=1S/C16H23NO2/c1-12-6-5-7-13(10-12)8-9-15(19)17-11-14(18)16(2,3)4/h5-7,10H,8-9,11H2,1-4H3,(H,17,19). The Bertz CT molecular complexity index is 458. The third kappa shape index (κ3) is 5.69. The minimum absolute atomic E-state index is 0.0522. The van der Waals surface area contributed by atoms with Crippen molar-refractivity contribution >= 4 is 11.7 Å². The van der Waals surface area contributed by atoms with E-state index in [4.69, 9.17) is 0 Å². The molecule has 0 saturated heterocycles. The van der Waals surface area contributed by atoms with E-state index in [2.05, 4.69) is 11.4 Å². The number of rotatable bonds is 5. The van der Waals surface area contributed by atoms with Crippen LogP contribution in [0.4, 0.5) is 0 Å². The number of amides is 1. The summed E-state index contributed by atoms with van der Waals surface area (Å²) < 4.78 is 0. The van der Waals surface area contributed by atoms with Gasteiger partial charge in [0.1, 0.15) is 0 Å². The molecule has 1 amide bonds. The van der Waals surface area contributed by atoms with E-state index in [1.807, 2.05) is 45.9 Å². The molecule has 1 rings (SSSR count). The van der Waals surface area contributed by atoms with Gasteiger partial charge in [-0.25, -0.2) is 0 Å². The lowest BCUT2D eigenvalue weighted by molar-refractivity contribution is -0.129. The minimum atomic E-state index is -0.399. The first kappa shape index (κ1) is 15.4. The van der Waals surface area contributed by atoms with Crippen LogP contribution in [0.15, 0.2) is 24.3 Å². The molecule has 0 fully saturated rings. The Kier molecular flexibility index (Phi) is 5.28. The van der Waals surface area contributed by atoms with E-state index in [1.165, 1.54) is 5.56 Å². The highest BCUT2D eigenvalue weighted by molar-refractivity contribution is 5.89. The van der Waals surface area contributed by atoms with E-state index in [9.17, 15) is 9.59 Å². The molecule has 0 bridgehead atoms. The molecule has 0 aliphatic heterocycles. The van der Waals surface area contributed by atoms with Crippen LogP contribution < -0.4 is 5.32 Å². The molecule has 0 spiro atoms. The Morgan fingerprint density at radius 2 is 1.89 bits per heavy atom. The molecule has 1 aromatic carbocycles. The van der Waals surface area contributed by atoms with Crippen molar-refractivity contribution in [3.63, 3.8) is 0 Å². The number of carbonyl (C=O) groups excluding carboxylic acids is 2. The highest BCUT2D eigenvalue weighted by atomic mass is 16.2. The first-order valence-corrected chi connectivity index (χ1v) is 6.64. The van der Waals surface area contributed by atoms with Gasteiger partial charge in [0.2, 0.25) is 5.91 Å². The monoisotopic (exact) mass is 261 g/mol. The lowest BCUT2D eigenvalue weighted by atomic mass is 9.91. The van der Waals surface area contributed by atoms with Crippen molar-refractivity contribution in [2.75, 3.05) is 6.54 Å². The number of Topliss-reactive ketones (excluding diaryl/α,β-unsaturated/α-hetero) is 1. The fourth-order valence-electron chi connectivity index (χ4n) is 1.66. The smallest absolute Gasteiger partial charge is 0.220 e. The molecule has 0 unspecified atom stereocenters. The molecule has 3 heteroatoms. The van der Waals surface area contributed by atoms with Gasteiger partial charge >= 0.3 is 0 Å². The van der Waals surface area contributed by atoms with Crippen molar-refractivity contribution in [3.8, 4) is 0 Å². The third-order valence-corrected chi connectivity index (χ3v) is 3.01. The van der Waals surface area contributed by atoms with Gasteiger partial charge in [-0.2, -0.15) is 0 Å². The second-order valence-electron chi connectivity index (χ2n) is 5.94. The SMILES string of the molecule is Cc1cccc(CCC(=O)NCC(=O)C(C)(C)C)c1. The minimum Gasteiger partial charge on any atom is -0.349 e. The van der Waals surface area contributed by atoms with Crippen LogP contribution in [0.5, 0.6) is 0 Å². The van der Waals surface area contributed by atoms with E-state index in [0.29, 0.717) is 12.8 Å². The zero-order valence-electron chi connectivity index (χ0n) is 12.2. The van der Waals surface area contributed by atoms with Crippen LogP contribution in [-0.4, -0.2) is 18.2 Å². The molecule has 104 valence electrons. The summed E-state index contributed by atoms with van der Waals surface area (Å²) in [6.45, 7) is 7.72. The Morgan fingerprint density at radius 1 is 1.21 bits per heavy atom. The fraction of sp³-hybridized carbons (Fsp3) is 0.500. The quantitative estimate of drug-likeness (QED) is 0.885. The molecule has 0 heterocycles. The van der Waals surface area contributed by atoms with Gasteiger partial charge in [-0.3, -0.25) is 9.59 Å². The van der Waals surface area contributed by atoms with E-state index in [0.717, 1.165) is 5.56 Å². The highest BCUT2D eigenvalue weighted by Gasteiger charge is 2.21. The van der Waals surface area contributed by atoms with Crippen molar-refractivity contribution < 1.29 is 9.59 Å². The van der Waals surface area contributed by atoms with E-state index < -0.39 is 5.41 Å². The maximum Gasteiger partial charge on any atom is 0.220 e. The Hall–Kier alpha value is -1.64. The van der Waals surface area contributed by atoms with Gasteiger partial charge in [-0.15, -0.1) is 0 Å². The molecule has 0 radical (unpaired) electrons. The summed E-state index contributed by atoms with van der Waals surface area (Å²) in [5, 5.41) is 2.69. The molecule has 0 aliphatic rings. The molecular weight excluding hydrogens is 238 g/mol. The van der Waals surface area contributed by atoms with E-state index in [1.54, 1.807) is 0 Å². The second-order valence-corrected chi connectivity index (χ2v) is 5.94. The Morgan fingerprint density at radius 3 is 2.47 bits per heavy atom. The molecule has 0 atom stereocenters. The van der Waals surface area contributed by atoms with Gasteiger partial charge in [-0.05, 0) is 18.9 Å². The molecule has 19 heavy (non-hydrogen) atoms. The summed E-state index contributed by atoms with van der Waals surface area (Å²) in [5.41, 5.74) is 1.95. The maximum atomic E-state index is 11.7. The van der Waals surface area contributed by atoms with Crippen molar-refractivity contribution in [2.45, 2.75) is 40.5 Å². The van der Waals surface area contributed by atoms with Crippen LogP contribution in [0.2, 0.25) is 0 Å². The van der Waals surface area contributed by atoms with Gasteiger partial charge < -0.3 is 5.32 Å². The number of ketones is 1. The van der Waals surface area contributed by atoms with Crippen LogP contribution in [0, 0.1) is 12.3 Å². The topological polar surface area (TPSA) is 46.2 Å². The number of hydrogen-bond donors (Lipinski definition) is 1. The van der Waals surface area contributed by atoms with Gasteiger partial charge in [0.15, 0.2) is 5.78 Å². The number of carbonyl (C=O) groups is 2. The van der Waals surface area contributed by atoms with E-state index >= 15 is 0 Å². The Labute approximate surface area is 115 Å². The van der Waals surface area contributed by atoms with Crippen LogP contribution in [-0.2, 0) is 16.0 Å². The summed E-state index contributed by atoms with van der Waals surface area (Å²) in [7, 11) is 0. The first-order valence-electron chi connectivity index (χ1n) is 6.64. The predicted octanol–water partition coefficient (Wildman–Crippen LogP) is 2.66. The summed E-state index contributed by atoms with van der Waals surface area (Å²) in [6, 6.07) is 8.12. The summed E-state index contributed by atoms with van der Waals surface area (Å²) in [6.07, 6.45) is 1.12. The summed E-state index contributed by atoms with van der Waals surface area (Å²) in [4.78, 5) is 23.3. The molecule has 3 nitrogen and oxygen atoms in total. The lowest BCUT2D eigenvalue weighted by Gasteiger charge is -2.16.